The molecule has 4 heterocycles. The standard InChI is InChI=1S/C25H24N4O3S2/c1-27-24(31)21(23(26)29(25(27)32)14-16-6-3-2-4-7-16)18(30)15-28-11-9-19-17(10-13-34-19)22(28)20-8-5-12-33-20/h2-8,10,12-13,22H,9,11,14-15,26H2,1H3. The maximum absolute atomic E-state index is 13.5. The van der Waals surface area contributed by atoms with Gasteiger partial charge in [-0.3, -0.25) is 23.6 Å². The molecule has 0 aliphatic carbocycles. The fourth-order valence-electron chi connectivity index (χ4n) is 4.55. The minimum atomic E-state index is -0.655. The highest BCUT2D eigenvalue weighted by molar-refractivity contribution is 7.10. The summed E-state index contributed by atoms with van der Waals surface area (Å²) in [6, 6.07) is 15.5. The Balaban J connectivity index is 1.51. The molecule has 0 spiro atoms. The van der Waals surface area contributed by atoms with Crippen molar-refractivity contribution in [1.82, 2.24) is 14.0 Å². The van der Waals surface area contributed by atoms with Gasteiger partial charge in [0.25, 0.3) is 5.56 Å². The molecular formula is C25H24N4O3S2. The van der Waals surface area contributed by atoms with Crippen LogP contribution in [-0.4, -0.2) is 32.9 Å². The SMILES string of the molecule is Cn1c(=O)c(C(=O)CN2CCc3sccc3C2c2cccs2)c(N)n(Cc2ccccc2)c1=O. The van der Waals surface area contributed by atoms with Crippen LogP contribution in [0.1, 0.15) is 37.3 Å². The summed E-state index contributed by atoms with van der Waals surface area (Å²) in [6.07, 6.45) is 0.850. The highest BCUT2D eigenvalue weighted by Crippen LogP contribution is 2.39. The highest BCUT2D eigenvalue weighted by atomic mass is 32.1. The van der Waals surface area contributed by atoms with Crippen molar-refractivity contribution >= 4 is 34.3 Å². The van der Waals surface area contributed by atoms with Crippen molar-refractivity contribution in [1.29, 1.82) is 0 Å². The van der Waals surface area contributed by atoms with Crippen LogP contribution in [-0.2, 0) is 20.0 Å². The average molecular weight is 493 g/mol. The van der Waals surface area contributed by atoms with Crippen molar-refractivity contribution in [2.75, 3.05) is 18.8 Å². The van der Waals surface area contributed by atoms with E-state index in [0.29, 0.717) is 6.54 Å². The normalized spacial score (nSPS) is 15.9. The summed E-state index contributed by atoms with van der Waals surface area (Å²) in [5, 5.41) is 4.12. The molecule has 7 nitrogen and oxygen atoms in total. The molecule has 1 unspecified atom stereocenters. The number of Topliss-reactive ketones (excluding diaryl/α,β-unsaturated/α-hetero) is 1. The van der Waals surface area contributed by atoms with E-state index in [-0.39, 0.29) is 36.3 Å². The third-order valence-electron chi connectivity index (χ3n) is 6.27. The Morgan fingerprint density at radius 1 is 1.06 bits per heavy atom. The molecule has 0 fully saturated rings. The molecule has 1 aliphatic heterocycles. The quantitative estimate of drug-likeness (QED) is 0.418. The van der Waals surface area contributed by atoms with Crippen molar-refractivity contribution in [2.24, 2.45) is 7.05 Å². The van der Waals surface area contributed by atoms with Crippen LogP contribution < -0.4 is 17.0 Å². The van der Waals surface area contributed by atoms with Crippen LogP contribution in [0.4, 0.5) is 5.82 Å². The second kappa shape index (κ2) is 9.17. The van der Waals surface area contributed by atoms with Crippen LogP contribution in [0.3, 0.4) is 0 Å². The Hall–Kier alpha value is -3.27. The van der Waals surface area contributed by atoms with Gasteiger partial charge < -0.3 is 5.73 Å². The van der Waals surface area contributed by atoms with Crippen molar-refractivity contribution in [2.45, 2.75) is 19.0 Å². The number of carbonyl (C=O) groups excluding carboxylic acids is 1. The lowest BCUT2D eigenvalue weighted by Crippen LogP contribution is -2.45. The van der Waals surface area contributed by atoms with Crippen LogP contribution in [0, 0.1) is 0 Å². The fraction of sp³-hybridized carbons (Fsp3) is 0.240. The van der Waals surface area contributed by atoms with Gasteiger partial charge in [0.2, 0.25) is 0 Å². The van der Waals surface area contributed by atoms with Gasteiger partial charge in [0.05, 0.1) is 19.1 Å². The number of thiophene rings is 2. The van der Waals surface area contributed by atoms with Gasteiger partial charge in [-0.05, 0) is 40.4 Å². The molecule has 0 saturated carbocycles. The minimum Gasteiger partial charge on any atom is -0.384 e. The topological polar surface area (TPSA) is 90.3 Å². The molecule has 1 aromatic carbocycles. The molecule has 2 N–H and O–H groups in total. The number of hydrogen-bond acceptors (Lipinski definition) is 7. The summed E-state index contributed by atoms with van der Waals surface area (Å²) in [4.78, 5) is 44.0. The van der Waals surface area contributed by atoms with Crippen LogP contribution >= 0.6 is 22.7 Å². The summed E-state index contributed by atoms with van der Waals surface area (Å²) < 4.78 is 2.27. The second-order valence-electron chi connectivity index (χ2n) is 8.34. The summed E-state index contributed by atoms with van der Waals surface area (Å²) in [7, 11) is 1.38. The number of nitrogen functional groups attached to an aromatic ring is 1. The molecule has 0 saturated heterocycles. The van der Waals surface area contributed by atoms with Gasteiger partial charge in [0.1, 0.15) is 11.4 Å². The van der Waals surface area contributed by atoms with Crippen LogP contribution in [0.25, 0.3) is 0 Å². The highest BCUT2D eigenvalue weighted by Gasteiger charge is 2.33. The van der Waals surface area contributed by atoms with E-state index in [1.807, 2.05) is 41.8 Å². The van der Waals surface area contributed by atoms with E-state index in [2.05, 4.69) is 22.4 Å². The van der Waals surface area contributed by atoms with Crippen molar-refractivity contribution in [3.05, 3.63) is 107 Å². The van der Waals surface area contributed by atoms with E-state index >= 15 is 0 Å². The Bertz CT molecular complexity index is 1450. The van der Waals surface area contributed by atoms with Crippen LogP contribution in [0.15, 0.2) is 68.9 Å². The first-order chi connectivity index (χ1) is 16.5. The minimum absolute atomic E-state index is 0.0424. The number of ketones is 1. The molecule has 0 amide bonds. The molecule has 0 radical (unpaired) electrons. The van der Waals surface area contributed by atoms with E-state index in [9.17, 15) is 14.4 Å². The van der Waals surface area contributed by atoms with Crippen molar-refractivity contribution in [3.8, 4) is 0 Å². The fourth-order valence-corrected chi connectivity index (χ4v) is 6.33. The number of nitrogens with two attached hydrogens (primary N) is 1. The largest absolute Gasteiger partial charge is 0.384 e. The first-order valence-corrected chi connectivity index (χ1v) is 12.7. The number of nitrogens with zero attached hydrogens (tertiary/aromatic N) is 3. The molecule has 4 aromatic rings. The van der Waals surface area contributed by atoms with Gasteiger partial charge in [-0.1, -0.05) is 36.4 Å². The Morgan fingerprint density at radius 2 is 1.85 bits per heavy atom. The number of aromatic nitrogens is 2. The predicted molar refractivity (Wildman–Crippen MR) is 136 cm³/mol. The molecule has 174 valence electrons. The Morgan fingerprint density at radius 3 is 2.59 bits per heavy atom. The molecule has 1 atom stereocenters. The van der Waals surface area contributed by atoms with Crippen molar-refractivity contribution in [3.63, 3.8) is 0 Å². The van der Waals surface area contributed by atoms with Crippen LogP contribution in [0.2, 0.25) is 0 Å². The molecule has 1 aliphatic rings. The average Bonchev–Trinajstić information content (AvgIpc) is 3.53. The molecular weight excluding hydrogens is 468 g/mol. The van der Waals surface area contributed by atoms with Gasteiger partial charge >= 0.3 is 5.69 Å². The van der Waals surface area contributed by atoms with Gasteiger partial charge in [-0.15, -0.1) is 22.7 Å². The lowest BCUT2D eigenvalue weighted by Gasteiger charge is -2.35. The van der Waals surface area contributed by atoms with E-state index in [0.717, 1.165) is 21.4 Å². The number of rotatable bonds is 6. The number of fused-ring (bicyclic) bond motifs is 1. The number of carbonyl (C=O) groups is 1. The van der Waals surface area contributed by atoms with Gasteiger partial charge in [-0.2, -0.15) is 0 Å². The Labute approximate surface area is 204 Å². The Kier molecular flexibility index (Phi) is 6.07. The number of benzene rings is 1. The van der Waals surface area contributed by atoms with E-state index in [4.69, 9.17) is 5.73 Å². The van der Waals surface area contributed by atoms with E-state index in [1.54, 1.807) is 22.7 Å². The zero-order valence-electron chi connectivity index (χ0n) is 18.6. The predicted octanol–water partition coefficient (Wildman–Crippen LogP) is 3.13. The van der Waals surface area contributed by atoms with Crippen LogP contribution in [0.5, 0.6) is 0 Å². The molecule has 3 aromatic heterocycles. The lowest BCUT2D eigenvalue weighted by atomic mass is 9.97. The molecule has 5 rings (SSSR count). The van der Waals surface area contributed by atoms with Gasteiger partial charge in [0, 0.05) is 23.3 Å². The maximum Gasteiger partial charge on any atom is 0.332 e. The molecule has 0 bridgehead atoms. The summed E-state index contributed by atoms with van der Waals surface area (Å²) >= 11 is 3.39. The van der Waals surface area contributed by atoms with E-state index in [1.165, 1.54) is 22.1 Å². The van der Waals surface area contributed by atoms with Crippen molar-refractivity contribution < 1.29 is 4.79 Å². The molecule has 9 heteroatoms. The van der Waals surface area contributed by atoms with E-state index < -0.39 is 11.2 Å². The maximum atomic E-state index is 13.5. The summed E-state index contributed by atoms with van der Waals surface area (Å²) in [6.45, 7) is 0.923. The first kappa shape index (κ1) is 22.5. The smallest absolute Gasteiger partial charge is 0.332 e. The monoisotopic (exact) mass is 492 g/mol. The zero-order valence-corrected chi connectivity index (χ0v) is 20.3. The summed E-state index contributed by atoms with van der Waals surface area (Å²) in [5.41, 5.74) is 7.05. The summed E-state index contributed by atoms with van der Waals surface area (Å²) in [5.74, 6) is -0.456. The van der Waals surface area contributed by atoms with Gasteiger partial charge in [0.15, 0.2) is 5.78 Å². The zero-order chi connectivity index (χ0) is 23.8. The third-order valence-corrected chi connectivity index (χ3v) is 8.19. The number of anilines is 1. The van der Waals surface area contributed by atoms with Gasteiger partial charge in [-0.25, -0.2) is 4.79 Å². The third kappa shape index (κ3) is 3.96. The lowest BCUT2D eigenvalue weighted by molar-refractivity contribution is 0.0901. The number of hydrogen-bond donors (Lipinski definition) is 1. The second-order valence-corrected chi connectivity index (χ2v) is 10.3. The first-order valence-electron chi connectivity index (χ1n) is 11.0. The molecule has 34 heavy (non-hydrogen) atoms.